The highest BCUT2D eigenvalue weighted by molar-refractivity contribution is 7.85. The van der Waals surface area contributed by atoms with Crippen LogP contribution in [0.4, 0.5) is 0 Å². The molecule has 0 saturated carbocycles. The molecule has 23 heavy (non-hydrogen) atoms. The van der Waals surface area contributed by atoms with Crippen molar-refractivity contribution in [1.29, 1.82) is 0 Å². The zero-order valence-corrected chi connectivity index (χ0v) is 15.4. The highest BCUT2D eigenvalue weighted by Gasteiger charge is 2.12. The summed E-state index contributed by atoms with van der Waals surface area (Å²) in [5, 5.41) is 0. The van der Waals surface area contributed by atoms with E-state index in [0.29, 0.717) is 5.92 Å². The molecule has 1 unspecified atom stereocenters. The van der Waals surface area contributed by atoms with Gasteiger partial charge in [-0.1, -0.05) is 77.3 Å². The minimum absolute atomic E-state index is 0.0248. The minimum Gasteiger partial charge on any atom is -0.282 e. The van der Waals surface area contributed by atoms with Crippen molar-refractivity contribution in [2.45, 2.75) is 88.9 Å². The van der Waals surface area contributed by atoms with Gasteiger partial charge in [0.2, 0.25) is 0 Å². The molecule has 1 rings (SSSR count). The van der Waals surface area contributed by atoms with Gasteiger partial charge in [-0.2, -0.15) is 8.42 Å². The molecule has 1 aromatic carbocycles. The molecule has 0 amide bonds. The predicted molar refractivity (Wildman–Crippen MR) is 96.5 cm³/mol. The van der Waals surface area contributed by atoms with Crippen molar-refractivity contribution in [3.63, 3.8) is 0 Å². The van der Waals surface area contributed by atoms with E-state index in [1.807, 2.05) is 12.1 Å². The van der Waals surface area contributed by atoms with Gasteiger partial charge in [0.05, 0.1) is 4.90 Å². The van der Waals surface area contributed by atoms with Gasteiger partial charge < -0.3 is 0 Å². The van der Waals surface area contributed by atoms with E-state index in [2.05, 4.69) is 13.8 Å². The number of rotatable bonds is 12. The molecule has 0 fully saturated rings. The third-order valence-electron chi connectivity index (χ3n) is 4.55. The van der Waals surface area contributed by atoms with Gasteiger partial charge in [-0.3, -0.25) is 4.55 Å². The summed E-state index contributed by atoms with van der Waals surface area (Å²) in [6, 6.07) is 6.67. The summed E-state index contributed by atoms with van der Waals surface area (Å²) in [7, 11) is -4.09. The van der Waals surface area contributed by atoms with Crippen LogP contribution >= 0.6 is 0 Å². The summed E-state index contributed by atoms with van der Waals surface area (Å²) < 4.78 is 31.2. The van der Waals surface area contributed by atoms with Crippen LogP contribution in [0.15, 0.2) is 29.2 Å². The number of hydrogen-bond donors (Lipinski definition) is 1. The van der Waals surface area contributed by atoms with Crippen molar-refractivity contribution in [1.82, 2.24) is 0 Å². The van der Waals surface area contributed by atoms with E-state index in [9.17, 15) is 8.42 Å². The number of unbranched alkanes of at least 4 members (excludes halogenated alkanes) is 7. The quantitative estimate of drug-likeness (QED) is 0.377. The summed E-state index contributed by atoms with van der Waals surface area (Å²) >= 11 is 0. The van der Waals surface area contributed by atoms with Gasteiger partial charge in [-0.15, -0.1) is 0 Å². The standard InChI is InChI=1S/C19H32O3S/c1-3-5-6-7-8-9-10-11-12-17(4-2)18-13-15-19(16-14-18)23(20,21)22/h13-17H,3-12H2,1-2H3,(H,20,21,22). The van der Waals surface area contributed by atoms with Crippen molar-refractivity contribution in [2.75, 3.05) is 0 Å². The van der Waals surface area contributed by atoms with E-state index in [0.717, 1.165) is 12.8 Å². The molecule has 3 nitrogen and oxygen atoms in total. The normalized spacial score (nSPS) is 13.2. The minimum atomic E-state index is -4.09. The highest BCUT2D eigenvalue weighted by Crippen LogP contribution is 2.27. The van der Waals surface area contributed by atoms with Crippen molar-refractivity contribution in [2.24, 2.45) is 0 Å². The third kappa shape index (κ3) is 7.98. The Bertz CT molecular complexity index is 520. The molecule has 4 heteroatoms. The largest absolute Gasteiger partial charge is 0.294 e. The van der Waals surface area contributed by atoms with Crippen molar-refractivity contribution in [3.05, 3.63) is 29.8 Å². The van der Waals surface area contributed by atoms with Gasteiger partial charge in [0.1, 0.15) is 0 Å². The highest BCUT2D eigenvalue weighted by atomic mass is 32.2. The van der Waals surface area contributed by atoms with Crippen molar-refractivity contribution in [3.8, 4) is 0 Å². The Morgan fingerprint density at radius 3 is 1.87 bits per heavy atom. The van der Waals surface area contributed by atoms with Crippen molar-refractivity contribution >= 4 is 10.1 Å². The van der Waals surface area contributed by atoms with Gasteiger partial charge in [0.15, 0.2) is 0 Å². The molecule has 0 radical (unpaired) electrons. The smallest absolute Gasteiger partial charge is 0.282 e. The molecule has 0 aliphatic carbocycles. The van der Waals surface area contributed by atoms with E-state index in [1.165, 1.54) is 69.1 Å². The maximum atomic E-state index is 11.1. The molecule has 0 aliphatic rings. The molecule has 1 N–H and O–H groups in total. The van der Waals surface area contributed by atoms with Crippen LogP contribution in [0.5, 0.6) is 0 Å². The first-order valence-electron chi connectivity index (χ1n) is 9.06. The van der Waals surface area contributed by atoms with Crippen LogP contribution in [-0.4, -0.2) is 13.0 Å². The van der Waals surface area contributed by atoms with Gasteiger partial charge in [0.25, 0.3) is 10.1 Å². The fourth-order valence-corrected chi connectivity index (χ4v) is 3.52. The first kappa shape index (κ1) is 20.2. The monoisotopic (exact) mass is 340 g/mol. The summed E-state index contributed by atoms with van der Waals surface area (Å²) in [5.74, 6) is 0.477. The fourth-order valence-electron chi connectivity index (χ4n) is 3.04. The molecule has 0 bridgehead atoms. The lowest BCUT2D eigenvalue weighted by atomic mass is 9.91. The zero-order chi connectivity index (χ0) is 17.1. The van der Waals surface area contributed by atoms with Gasteiger partial charge in [-0.05, 0) is 36.5 Å². The fraction of sp³-hybridized carbons (Fsp3) is 0.684. The molecule has 0 heterocycles. The molecule has 0 saturated heterocycles. The van der Waals surface area contributed by atoms with E-state index in [1.54, 1.807) is 0 Å². The van der Waals surface area contributed by atoms with E-state index in [-0.39, 0.29) is 4.90 Å². The van der Waals surface area contributed by atoms with Crippen LogP contribution in [0.3, 0.4) is 0 Å². The summed E-state index contributed by atoms with van der Waals surface area (Å²) in [6.07, 6.45) is 12.8. The molecule has 132 valence electrons. The number of benzene rings is 1. The Hall–Kier alpha value is -0.870. The lowest BCUT2D eigenvalue weighted by Crippen LogP contribution is -2.01. The zero-order valence-electron chi connectivity index (χ0n) is 14.6. The van der Waals surface area contributed by atoms with Crippen LogP contribution in [0.25, 0.3) is 0 Å². The van der Waals surface area contributed by atoms with Crippen LogP contribution in [-0.2, 0) is 10.1 Å². The average Bonchev–Trinajstić information content (AvgIpc) is 2.53. The molecule has 0 aliphatic heterocycles. The topological polar surface area (TPSA) is 54.4 Å². The molecular formula is C19H32O3S. The molecular weight excluding hydrogens is 308 g/mol. The Labute approximate surface area is 142 Å². The summed E-state index contributed by atoms with van der Waals surface area (Å²) in [6.45, 7) is 4.42. The van der Waals surface area contributed by atoms with Crippen LogP contribution < -0.4 is 0 Å². The molecule has 1 atom stereocenters. The van der Waals surface area contributed by atoms with Crippen LogP contribution in [0, 0.1) is 0 Å². The second-order valence-electron chi connectivity index (χ2n) is 6.41. The van der Waals surface area contributed by atoms with Crippen LogP contribution in [0.1, 0.15) is 89.5 Å². The maximum Gasteiger partial charge on any atom is 0.294 e. The van der Waals surface area contributed by atoms with E-state index < -0.39 is 10.1 Å². The first-order valence-corrected chi connectivity index (χ1v) is 10.5. The SMILES string of the molecule is CCCCCCCCCCC(CC)c1ccc(S(=O)(=O)O)cc1. The van der Waals surface area contributed by atoms with Gasteiger partial charge in [-0.25, -0.2) is 0 Å². The van der Waals surface area contributed by atoms with Gasteiger partial charge >= 0.3 is 0 Å². The number of hydrogen-bond acceptors (Lipinski definition) is 2. The Morgan fingerprint density at radius 1 is 0.870 bits per heavy atom. The molecule has 0 aromatic heterocycles. The Kier molecular flexibility index (Phi) is 9.49. The second-order valence-corrected chi connectivity index (χ2v) is 7.83. The lowest BCUT2D eigenvalue weighted by molar-refractivity contribution is 0.483. The Balaban J connectivity index is 2.34. The third-order valence-corrected chi connectivity index (χ3v) is 5.42. The van der Waals surface area contributed by atoms with Crippen molar-refractivity contribution < 1.29 is 13.0 Å². The first-order chi connectivity index (χ1) is 11.0. The molecule has 0 spiro atoms. The second kappa shape index (κ2) is 10.8. The summed E-state index contributed by atoms with van der Waals surface area (Å²) in [4.78, 5) is -0.0248. The van der Waals surface area contributed by atoms with E-state index in [4.69, 9.17) is 4.55 Å². The lowest BCUT2D eigenvalue weighted by Gasteiger charge is -2.15. The summed E-state index contributed by atoms with van der Waals surface area (Å²) in [5.41, 5.74) is 1.17. The maximum absolute atomic E-state index is 11.1. The average molecular weight is 341 g/mol. The molecule has 1 aromatic rings. The predicted octanol–water partition coefficient (Wildman–Crippen LogP) is 5.96. The van der Waals surface area contributed by atoms with E-state index >= 15 is 0 Å². The van der Waals surface area contributed by atoms with Crippen LogP contribution in [0.2, 0.25) is 0 Å². The van der Waals surface area contributed by atoms with Gasteiger partial charge in [0, 0.05) is 0 Å². The Morgan fingerprint density at radius 2 is 1.39 bits per heavy atom.